The summed E-state index contributed by atoms with van der Waals surface area (Å²) in [5, 5.41) is 0. The van der Waals surface area contributed by atoms with Crippen LogP contribution in [-0.4, -0.2) is 56.4 Å². The van der Waals surface area contributed by atoms with Gasteiger partial charge in [0.1, 0.15) is 12.2 Å². The Morgan fingerprint density at radius 2 is 1.25 bits per heavy atom. The van der Waals surface area contributed by atoms with E-state index in [1.54, 1.807) is 60.7 Å². The second-order valence-corrected chi connectivity index (χ2v) is 8.43. The Balaban J connectivity index is 1.46. The number of carbonyl (C=O) groups is 2. The first-order chi connectivity index (χ1) is 17.6. The molecule has 0 bridgehead atoms. The Labute approximate surface area is 208 Å². The van der Waals surface area contributed by atoms with E-state index in [2.05, 4.69) is 0 Å². The van der Waals surface area contributed by atoms with Crippen molar-refractivity contribution in [2.45, 2.75) is 37.0 Å². The molecule has 3 aromatic carbocycles. The maximum Gasteiger partial charge on any atom is 0.338 e. The zero-order chi connectivity index (χ0) is 24.9. The number of esters is 2. The van der Waals surface area contributed by atoms with Crippen LogP contribution in [0, 0.1) is 0 Å². The van der Waals surface area contributed by atoms with Crippen LogP contribution in [-0.2, 0) is 28.4 Å². The number of ether oxygens (including phenoxy) is 6. The minimum Gasteiger partial charge on any atom is -0.452 e. The van der Waals surface area contributed by atoms with Crippen LogP contribution in [0.2, 0.25) is 0 Å². The summed E-state index contributed by atoms with van der Waals surface area (Å²) in [6, 6.07) is 26.5. The fraction of sp³-hybridized carbons (Fsp3) is 0.286. The number of carbonyl (C=O) groups excluding carboxylic acids is 2. The zero-order valence-electron chi connectivity index (χ0n) is 19.6. The standard InChI is InChI=1S/C28H26O8/c1-31-28-24(35-26(30)19-13-7-3-8-14-19)23(34-25(29)18-11-5-2-6-12-18)22-21(33-28)17-32-27(36-22)20-15-9-4-10-16-20/h2-16,21-24,27-28H,17H2,1H3/t21-,22-,23+,24-,27?,28+/m1/s1. The molecule has 2 heterocycles. The van der Waals surface area contributed by atoms with Gasteiger partial charge >= 0.3 is 11.9 Å². The molecule has 186 valence electrons. The highest BCUT2D eigenvalue weighted by molar-refractivity contribution is 5.90. The van der Waals surface area contributed by atoms with Crippen molar-refractivity contribution in [2.75, 3.05) is 13.7 Å². The van der Waals surface area contributed by atoms with Crippen molar-refractivity contribution in [3.05, 3.63) is 108 Å². The highest BCUT2D eigenvalue weighted by Crippen LogP contribution is 2.37. The molecule has 0 spiro atoms. The SMILES string of the molecule is CO[C@H]1O[C@@H]2COC(c3ccccc3)O[C@H]2[C@H](OC(=O)c2ccccc2)[C@H]1OC(=O)c1ccccc1. The van der Waals surface area contributed by atoms with Gasteiger partial charge in [-0.25, -0.2) is 9.59 Å². The maximum absolute atomic E-state index is 13.1. The number of hydrogen-bond acceptors (Lipinski definition) is 8. The third kappa shape index (κ3) is 5.17. The molecule has 2 aliphatic heterocycles. The Kier molecular flexibility index (Phi) is 7.39. The van der Waals surface area contributed by atoms with Crippen molar-refractivity contribution < 1.29 is 38.0 Å². The van der Waals surface area contributed by atoms with E-state index in [1.165, 1.54) is 7.11 Å². The normalized spacial score (nSPS) is 27.5. The summed E-state index contributed by atoms with van der Waals surface area (Å²) in [5.74, 6) is -1.18. The molecule has 6 atom stereocenters. The first kappa shape index (κ1) is 24.1. The fourth-order valence-corrected chi connectivity index (χ4v) is 4.31. The minimum atomic E-state index is -1.09. The minimum absolute atomic E-state index is 0.169. The Morgan fingerprint density at radius 1 is 0.722 bits per heavy atom. The molecule has 0 aromatic heterocycles. The smallest absolute Gasteiger partial charge is 0.338 e. The lowest BCUT2D eigenvalue weighted by molar-refractivity contribution is -0.356. The van der Waals surface area contributed by atoms with Gasteiger partial charge in [-0.15, -0.1) is 0 Å². The monoisotopic (exact) mass is 490 g/mol. The molecule has 1 unspecified atom stereocenters. The molecule has 3 aromatic rings. The number of hydrogen-bond donors (Lipinski definition) is 0. The summed E-state index contributed by atoms with van der Waals surface area (Å²) in [5.41, 5.74) is 1.50. The number of rotatable bonds is 6. The van der Waals surface area contributed by atoms with E-state index < -0.39 is 48.9 Å². The highest BCUT2D eigenvalue weighted by atomic mass is 16.8. The molecular formula is C28H26O8. The average Bonchev–Trinajstić information content (AvgIpc) is 2.95. The molecule has 2 aliphatic rings. The Hall–Kier alpha value is -3.56. The fourth-order valence-electron chi connectivity index (χ4n) is 4.31. The van der Waals surface area contributed by atoms with Gasteiger partial charge in [-0.1, -0.05) is 66.7 Å². The molecule has 2 fully saturated rings. The highest BCUT2D eigenvalue weighted by Gasteiger charge is 2.54. The first-order valence-electron chi connectivity index (χ1n) is 11.7. The molecule has 0 amide bonds. The van der Waals surface area contributed by atoms with E-state index in [0.717, 1.165) is 5.56 Å². The third-order valence-electron chi connectivity index (χ3n) is 6.09. The second-order valence-electron chi connectivity index (χ2n) is 8.43. The van der Waals surface area contributed by atoms with Gasteiger partial charge in [0.25, 0.3) is 0 Å². The van der Waals surface area contributed by atoms with Gasteiger partial charge in [0.2, 0.25) is 0 Å². The maximum atomic E-state index is 13.1. The van der Waals surface area contributed by atoms with Gasteiger partial charge in [0.15, 0.2) is 24.8 Å². The number of benzene rings is 3. The molecule has 0 saturated carbocycles. The molecule has 8 heteroatoms. The molecule has 0 aliphatic carbocycles. The van der Waals surface area contributed by atoms with Crippen LogP contribution in [0.5, 0.6) is 0 Å². The third-order valence-corrected chi connectivity index (χ3v) is 6.09. The van der Waals surface area contributed by atoms with Crippen LogP contribution >= 0.6 is 0 Å². The lowest BCUT2D eigenvalue weighted by atomic mass is 9.97. The first-order valence-corrected chi connectivity index (χ1v) is 11.7. The summed E-state index contributed by atoms with van der Waals surface area (Å²) in [7, 11) is 1.43. The summed E-state index contributed by atoms with van der Waals surface area (Å²) in [6.45, 7) is 0.169. The topological polar surface area (TPSA) is 89.5 Å². The summed E-state index contributed by atoms with van der Waals surface area (Å²) >= 11 is 0. The van der Waals surface area contributed by atoms with Crippen LogP contribution in [0.4, 0.5) is 0 Å². The molecule has 0 N–H and O–H groups in total. The number of methoxy groups -OCH3 is 1. The van der Waals surface area contributed by atoms with Gasteiger partial charge in [0.05, 0.1) is 17.7 Å². The average molecular weight is 491 g/mol. The van der Waals surface area contributed by atoms with E-state index >= 15 is 0 Å². The van der Waals surface area contributed by atoms with E-state index in [0.29, 0.717) is 11.1 Å². The van der Waals surface area contributed by atoms with Crippen LogP contribution in [0.25, 0.3) is 0 Å². The van der Waals surface area contributed by atoms with Crippen LogP contribution in [0.15, 0.2) is 91.0 Å². The predicted molar refractivity (Wildman–Crippen MR) is 127 cm³/mol. The van der Waals surface area contributed by atoms with Crippen LogP contribution < -0.4 is 0 Å². The molecule has 0 radical (unpaired) electrons. The molecular weight excluding hydrogens is 464 g/mol. The zero-order valence-corrected chi connectivity index (χ0v) is 19.6. The number of fused-ring (bicyclic) bond motifs is 1. The summed E-state index contributed by atoms with van der Waals surface area (Å²) in [4.78, 5) is 26.1. The van der Waals surface area contributed by atoms with Crippen molar-refractivity contribution in [3.63, 3.8) is 0 Å². The molecule has 36 heavy (non-hydrogen) atoms. The Morgan fingerprint density at radius 3 is 1.81 bits per heavy atom. The second kappa shape index (κ2) is 11.0. The van der Waals surface area contributed by atoms with Gasteiger partial charge in [-0.05, 0) is 24.3 Å². The molecule has 5 rings (SSSR count). The van der Waals surface area contributed by atoms with E-state index in [-0.39, 0.29) is 6.61 Å². The summed E-state index contributed by atoms with van der Waals surface area (Å²) in [6.07, 6.45) is -5.23. The van der Waals surface area contributed by atoms with Crippen molar-refractivity contribution in [2.24, 2.45) is 0 Å². The largest absolute Gasteiger partial charge is 0.452 e. The van der Waals surface area contributed by atoms with Crippen molar-refractivity contribution in [1.29, 1.82) is 0 Å². The van der Waals surface area contributed by atoms with Crippen molar-refractivity contribution >= 4 is 11.9 Å². The Bertz CT molecular complexity index is 1150. The van der Waals surface area contributed by atoms with Gasteiger partial charge in [-0.3, -0.25) is 0 Å². The van der Waals surface area contributed by atoms with Crippen molar-refractivity contribution in [3.8, 4) is 0 Å². The van der Waals surface area contributed by atoms with Crippen LogP contribution in [0.3, 0.4) is 0 Å². The quantitative estimate of drug-likeness (QED) is 0.481. The lowest BCUT2D eigenvalue weighted by Gasteiger charge is -2.47. The molecule has 8 nitrogen and oxygen atoms in total. The van der Waals surface area contributed by atoms with E-state index in [1.807, 2.05) is 30.3 Å². The predicted octanol–water partition coefficient (Wildman–Crippen LogP) is 3.92. The van der Waals surface area contributed by atoms with Crippen molar-refractivity contribution in [1.82, 2.24) is 0 Å². The van der Waals surface area contributed by atoms with Gasteiger partial charge in [-0.2, -0.15) is 0 Å². The summed E-state index contributed by atoms with van der Waals surface area (Å²) < 4.78 is 35.5. The van der Waals surface area contributed by atoms with Gasteiger partial charge < -0.3 is 28.4 Å². The van der Waals surface area contributed by atoms with Crippen LogP contribution in [0.1, 0.15) is 32.6 Å². The molecule has 2 saturated heterocycles. The van der Waals surface area contributed by atoms with E-state index in [9.17, 15) is 9.59 Å². The van der Waals surface area contributed by atoms with Gasteiger partial charge in [0, 0.05) is 12.7 Å². The lowest BCUT2D eigenvalue weighted by Crippen LogP contribution is -2.64. The van der Waals surface area contributed by atoms with E-state index in [4.69, 9.17) is 28.4 Å².